The van der Waals surface area contributed by atoms with E-state index in [1.807, 2.05) is 0 Å². The molecule has 0 spiro atoms. The van der Waals surface area contributed by atoms with Crippen molar-refractivity contribution in [2.24, 2.45) is 17.8 Å². The van der Waals surface area contributed by atoms with Crippen LogP contribution in [0.5, 0.6) is 0 Å². The van der Waals surface area contributed by atoms with Crippen molar-refractivity contribution >= 4 is 0 Å². The summed E-state index contributed by atoms with van der Waals surface area (Å²) in [6.07, 6.45) is -11.8. The van der Waals surface area contributed by atoms with Gasteiger partial charge in [0, 0.05) is 5.92 Å². The molecule has 0 aromatic carbocycles. The van der Waals surface area contributed by atoms with Gasteiger partial charge in [-0.15, -0.1) is 0 Å². The van der Waals surface area contributed by atoms with E-state index in [4.69, 9.17) is 4.74 Å². The molecule has 0 amide bonds. The standard InChI is InChI=1S/C12H12F6O2/c1-2-19-8-5-3-6-7(4-5)10(11(13,14)15,12(16,17)18)20-9(6)8/h2,5-9H,1,3-4H2/t5-,6-,7?,8?,9?/m0/s1. The molecule has 1 aliphatic heterocycles. The molecule has 2 bridgehead atoms. The zero-order chi connectivity index (χ0) is 14.9. The fourth-order valence-electron chi connectivity index (χ4n) is 4.19. The maximum absolute atomic E-state index is 13.1. The van der Waals surface area contributed by atoms with E-state index in [0.717, 1.165) is 6.26 Å². The molecule has 0 aromatic rings. The summed E-state index contributed by atoms with van der Waals surface area (Å²) in [4.78, 5) is 0. The molecule has 0 radical (unpaired) electrons. The first kappa shape index (κ1) is 14.0. The fourth-order valence-corrected chi connectivity index (χ4v) is 4.19. The molecule has 2 nitrogen and oxygen atoms in total. The second-order valence-electron chi connectivity index (χ2n) is 5.58. The summed E-state index contributed by atoms with van der Waals surface area (Å²) in [7, 11) is 0. The number of hydrogen-bond acceptors (Lipinski definition) is 2. The van der Waals surface area contributed by atoms with E-state index in [1.54, 1.807) is 0 Å². The molecular formula is C12H12F6O2. The van der Waals surface area contributed by atoms with Gasteiger partial charge in [0.2, 0.25) is 0 Å². The van der Waals surface area contributed by atoms with E-state index in [0.29, 0.717) is 0 Å². The topological polar surface area (TPSA) is 18.5 Å². The summed E-state index contributed by atoms with van der Waals surface area (Å²) in [5, 5.41) is 0. The lowest BCUT2D eigenvalue weighted by molar-refractivity contribution is -0.385. The van der Waals surface area contributed by atoms with Crippen LogP contribution in [0.25, 0.3) is 0 Å². The van der Waals surface area contributed by atoms with Crippen LogP contribution in [0.15, 0.2) is 12.8 Å². The molecule has 20 heavy (non-hydrogen) atoms. The quantitative estimate of drug-likeness (QED) is 0.575. The summed E-state index contributed by atoms with van der Waals surface area (Å²) < 4.78 is 88.6. The van der Waals surface area contributed by atoms with Crippen molar-refractivity contribution in [2.45, 2.75) is 43.0 Å². The predicted molar refractivity (Wildman–Crippen MR) is 54.5 cm³/mol. The zero-order valence-corrected chi connectivity index (χ0v) is 10.2. The van der Waals surface area contributed by atoms with Crippen LogP contribution in [-0.2, 0) is 9.47 Å². The van der Waals surface area contributed by atoms with Crippen LogP contribution >= 0.6 is 0 Å². The van der Waals surface area contributed by atoms with E-state index < -0.39 is 42.0 Å². The molecule has 8 heteroatoms. The third kappa shape index (κ3) is 1.46. The van der Waals surface area contributed by atoms with Crippen LogP contribution in [-0.4, -0.2) is 30.2 Å². The Kier molecular flexibility index (Phi) is 2.69. The van der Waals surface area contributed by atoms with Crippen molar-refractivity contribution in [1.29, 1.82) is 0 Å². The van der Waals surface area contributed by atoms with E-state index in [-0.39, 0.29) is 18.8 Å². The number of halogens is 6. The molecule has 5 atom stereocenters. The molecule has 0 N–H and O–H groups in total. The van der Waals surface area contributed by atoms with Gasteiger partial charge < -0.3 is 9.47 Å². The third-order valence-corrected chi connectivity index (χ3v) is 4.80. The molecule has 0 aromatic heterocycles. The van der Waals surface area contributed by atoms with Gasteiger partial charge in [0.15, 0.2) is 0 Å². The Bertz CT molecular complexity index is 415. The maximum atomic E-state index is 13.1. The second kappa shape index (κ2) is 3.84. The highest BCUT2D eigenvalue weighted by Crippen LogP contribution is 2.68. The summed E-state index contributed by atoms with van der Waals surface area (Å²) in [5.74, 6) is -2.66. The Balaban J connectivity index is 2.03. The highest BCUT2D eigenvalue weighted by Gasteiger charge is 2.84. The second-order valence-corrected chi connectivity index (χ2v) is 5.58. The lowest BCUT2D eigenvalue weighted by Gasteiger charge is -2.36. The Morgan fingerprint density at radius 3 is 2.20 bits per heavy atom. The van der Waals surface area contributed by atoms with Crippen molar-refractivity contribution in [3.8, 4) is 0 Å². The van der Waals surface area contributed by atoms with Crippen LogP contribution in [0, 0.1) is 17.8 Å². The summed E-state index contributed by atoms with van der Waals surface area (Å²) in [6.45, 7) is 3.30. The third-order valence-electron chi connectivity index (χ3n) is 4.80. The Labute approximate surface area is 110 Å². The molecule has 1 saturated heterocycles. The highest BCUT2D eigenvalue weighted by atomic mass is 19.4. The van der Waals surface area contributed by atoms with Gasteiger partial charge in [-0.05, 0) is 24.7 Å². The Morgan fingerprint density at radius 1 is 1.10 bits per heavy atom. The minimum absolute atomic E-state index is 0.182. The van der Waals surface area contributed by atoms with E-state index >= 15 is 0 Å². The minimum Gasteiger partial charge on any atom is -0.496 e. The average molecular weight is 302 g/mol. The molecule has 3 aliphatic rings. The summed E-state index contributed by atoms with van der Waals surface area (Å²) in [6, 6.07) is 0. The number of fused-ring (bicyclic) bond motifs is 1. The first-order chi connectivity index (χ1) is 9.13. The Morgan fingerprint density at radius 2 is 1.70 bits per heavy atom. The monoisotopic (exact) mass is 302 g/mol. The van der Waals surface area contributed by atoms with Crippen LogP contribution < -0.4 is 0 Å². The highest BCUT2D eigenvalue weighted by molar-refractivity contribution is 5.19. The van der Waals surface area contributed by atoms with Crippen molar-refractivity contribution in [3.63, 3.8) is 0 Å². The van der Waals surface area contributed by atoms with E-state index in [1.165, 1.54) is 0 Å². The molecule has 1 heterocycles. The van der Waals surface area contributed by atoms with Crippen molar-refractivity contribution in [1.82, 2.24) is 0 Å². The summed E-state index contributed by atoms with van der Waals surface area (Å²) in [5.41, 5.74) is -4.05. The zero-order valence-electron chi connectivity index (χ0n) is 10.2. The van der Waals surface area contributed by atoms with Gasteiger partial charge in [0.25, 0.3) is 5.60 Å². The van der Waals surface area contributed by atoms with Crippen molar-refractivity contribution in [3.05, 3.63) is 12.8 Å². The van der Waals surface area contributed by atoms with Gasteiger partial charge >= 0.3 is 12.4 Å². The van der Waals surface area contributed by atoms with Crippen molar-refractivity contribution in [2.75, 3.05) is 0 Å². The molecular weight excluding hydrogens is 290 g/mol. The van der Waals surface area contributed by atoms with Crippen molar-refractivity contribution < 1.29 is 35.8 Å². The van der Waals surface area contributed by atoms with Gasteiger partial charge in [-0.1, -0.05) is 6.58 Å². The van der Waals surface area contributed by atoms with E-state index in [2.05, 4.69) is 11.3 Å². The van der Waals surface area contributed by atoms with Crippen LogP contribution in [0.2, 0.25) is 0 Å². The largest absolute Gasteiger partial charge is 0.496 e. The minimum atomic E-state index is -5.49. The number of hydrogen-bond donors (Lipinski definition) is 0. The van der Waals surface area contributed by atoms with Crippen LogP contribution in [0.4, 0.5) is 26.3 Å². The van der Waals surface area contributed by atoms with Crippen LogP contribution in [0.3, 0.4) is 0 Å². The first-order valence-electron chi connectivity index (χ1n) is 6.21. The maximum Gasteiger partial charge on any atom is 0.426 e. The van der Waals surface area contributed by atoms with Gasteiger partial charge in [0.05, 0.1) is 12.4 Å². The molecule has 2 aliphatic carbocycles. The molecule has 3 unspecified atom stereocenters. The smallest absolute Gasteiger partial charge is 0.426 e. The lowest BCUT2D eigenvalue weighted by Crippen LogP contribution is -2.60. The molecule has 3 rings (SSSR count). The van der Waals surface area contributed by atoms with Gasteiger partial charge in [-0.3, -0.25) is 0 Å². The first-order valence-corrected chi connectivity index (χ1v) is 6.21. The van der Waals surface area contributed by atoms with Crippen LogP contribution in [0.1, 0.15) is 12.8 Å². The van der Waals surface area contributed by atoms with Gasteiger partial charge in [-0.2, -0.15) is 26.3 Å². The average Bonchev–Trinajstić information content (AvgIpc) is 2.84. The van der Waals surface area contributed by atoms with Gasteiger partial charge in [0.1, 0.15) is 6.10 Å². The molecule has 114 valence electrons. The SMILES string of the molecule is C=COC1C2OC(C(F)(F)F)(C(F)(F)F)C3C[C@@H]1C[C@H]23. The lowest BCUT2D eigenvalue weighted by atomic mass is 9.77. The number of rotatable bonds is 2. The van der Waals surface area contributed by atoms with Gasteiger partial charge in [-0.25, -0.2) is 0 Å². The number of alkyl halides is 6. The number of ether oxygens (including phenoxy) is 2. The van der Waals surface area contributed by atoms with E-state index in [9.17, 15) is 26.3 Å². The Hall–Kier alpha value is -0.920. The summed E-state index contributed by atoms with van der Waals surface area (Å²) >= 11 is 0. The molecule has 3 fully saturated rings. The predicted octanol–water partition coefficient (Wildman–Crippen LogP) is 3.43. The molecule has 2 saturated carbocycles. The normalized spacial score (nSPS) is 42.0. The fraction of sp³-hybridized carbons (Fsp3) is 0.833.